The van der Waals surface area contributed by atoms with Crippen LogP contribution in [0.4, 0.5) is 0 Å². The summed E-state index contributed by atoms with van der Waals surface area (Å²) in [5.74, 6) is 2.15. The van der Waals surface area contributed by atoms with E-state index >= 15 is 0 Å². The van der Waals surface area contributed by atoms with E-state index in [9.17, 15) is 19.8 Å². The first-order valence-electron chi connectivity index (χ1n) is 15.0. The van der Waals surface area contributed by atoms with Gasteiger partial charge in [0.25, 0.3) is 0 Å². The number of aromatic carboxylic acids is 1. The molecule has 0 heterocycles. The molecular weight excluding hydrogens is 460 g/mol. The van der Waals surface area contributed by atoms with Crippen LogP contribution < -0.4 is 0 Å². The molecule has 4 heteroatoms. The molecule has 0 bridgehead atoms. The number of hydrogen-bond acceptors (Lipinski definition) is 2. The summed E-state index contributed by atoms with van der Waals surface area (Å²) in [6.45, 7) is 10.2. The molecule has 0 radical (unpaired) electrons. The molecule has 0 aromatic heterocycles. The summed E-state index contributed by atoms with van der Waals surface area (Å²) in [6.07, 6.45) is 12.6. The van der Waals surface area contributed by atoms with Gasteiger partial charge in [-0.3, -0.25) is 4.79 Å². The van der Waals surface area contributed by atoms with Gasteiger partial charge in [-0.15, -0.1) is 0 Å². The zero-order chi connectivity index (χ0) is 26.4. The molecule has 37 heavy (non-hydrogen) atoms. The number of hydrogen-bond donors (Lipinski definition) is 2. The molecule has 2 N–H and O–H groups in total. The van der Waals surface area contributed by atoms with Crippen LogP contribution >= 0.6 is 0 Å². The van der Waals surface area contributed by atoms with Crippen molar-refractivity contribution in [2.45, 2.75) is 104 Å². The Morgan fingerprint density at radius 3 is 2.11 bits per heavy atom. The van der Waals surface area contributed by atoms with Crippen molar-refractivity contribution in [1.29, 1.82) is 0 Å². The van der Waals surface area contributed by atoms with Crippen LogP contribution in [0.5, 0.6) is 0 Å². The predicted octanol–water partition coefficient (Wildman–Crippen LogP) is 8.02. The molecule has 0 saturated heterocycles. The van der Waals surface area contributed by atoms with Gasteiger partial charge in [0.05, 0.1) is 11.0 Å². The van der Waals surface area contributed by atoms with Crippen LogP contribution in [0.25, 0.3) is 0 Å². The lowest BCUT2D eigenvalue weighted by molar-refractivity contribution is -0.203. The quantitative estimate of drug-likeness (QED) is 0.435. The smallest absolute Gasteiger partial charge is 0.335 e. The second kappa shape index (κ2) is 8.33. The fraction of sp³-hybridized carbons (Fsp3) is 0.758. The van der Waals surface area contributed by atoms with Crippen LogP contribution in [-0.4, -0.2) is 22.2 Å². The highest BCUT2D eigenvalue weighted by Crippen LogP contribution is 2.74. The van der Waals surface area contributed by atoms with Crippen molar-refractivity contribution in [3.8, 4) is 0 Å². The molecule has 4 nitrogen and oxygen atoms in total. The molecular formula is C33H46O4. The van der Waals surface area contributed by atoms with Gasteiger partial charge in [-0.25, -0.2) is 4.79 Å². The van der Waals surface area contributed by atoms with Crippen molar-refractivity contribution in [1.82, 2.24) is 0 Å². The van der Waals surface area contributed by atoms with Crippen LogP contribution in [0.15, 0.2) is 24.3 Å². The molecule has 1 aromatic rings. The maximum atomic E-state index is 12.5. The molecule has 1 aromatic carbocycles. The average Bonchev–Trinajstić information content (AvgIpc) is 3.30. The Morgan fingerprint density at radius 1 is 0.730 bits per heavy atom. The van der Waals surface area contributed by atoms with Crippen molar-refractivity contribution >= 4 is 11.9 Å². The minimum Gasteiger partial charge on any atom is -0.481 e. The van der Waals surface area contributed by atoms with Gasteiger partial charge in [0, 0.05) is 0 Å². The minimum atomic E-state index is -0.856. The SMILES string of the molecule is CC1(C)C2CC[C@@]3(C)C4CC[C@@]5(C(=O)O)CCCC5[C@H]4CCC3[C@@]2(C)CC[C@@H]1c1ccc(C(=O)O)cc1. The summed E-state index contributed by atoms with van der Waals surface area (Å²) in [6, 6.07) is 7.69. The molecule has 4 unspecified atom stereocenters. The topological polar surface area (TPSA) is 74.6 Å². The van der Waals surface area contributed by atoms with Gasteiger partial charge in [0.1, 0.15) is 0 Å². The van der Waals surface area contributed by atoms with Crippen LogP contribution in [-0.2, 0) is 4.79 Å². The van der Waals surface area contributed by atoms with E-state index in [2.05, 4.69) is 39.8 Å². The Labute approximate surface area is 222 Å². The van der Waals surface area contributed by atoms with E-state index in [1.165, 1.54) is 37.7 Å². The van der Waals surface area contributed by atoms with Crippen molar-refractivity contribution in [2.75, 3.05) is 0 Å². The Kier molecular flexibility index (Phi) is 5.73. The molecule has 0 amide bonds. The zero-order valence-corrected chi connectivity index (χ0v) is 23.3. The number of carboxylic acid groups (broad SMARTS) is 2. The lowest BCUT2D eigenvalue weighted by Gasteiger charge is -2.69. The second-order valence-electron chi connectivity index (χ2n) is 14.8. The first kappa shape index (κ1) is 25.4. The van der Waals surface area contributed by atoms with Gasteiger partial charge in [0.2, 0.25) is 0 Å². The van der Waals surface area contributed by atoms with E-state index < -0.39 is 17.4 Å². The van der Waals surface area contributed by atoms with E-state index in [4.69, 9.17) is 0 Å². The predicted molar refractivity (Wildman–Crippen MR) is 144 cm³/mol. The fourth-order valence-electron chi connectivity index (χ4n) is 12.0. The van der Waals surface area contributed by atoms with Crippen molar-refractivity contribution in [2.24, 2.45) is 51.2 Å². The summed E-state index contributed by atoms with van der Waals surface area (Å²) in [5.41, 5.74) is 2.04. The average molecular weight is 507 g/mol. The summed E-state index contributed by atoms with van der Waals surface area (Å²) in [4.78, 5) is 23.9. The monoisotopic (exact) mass is 506 g/mol. The van der Waals surface area contributed by atoms with E-state index in [0.29, 0.717) is 51.9 Å². The molecule has 5 fully saturated rings. The minimum absolute atomic E-state index is 0.159. The number of fused-ring (bicyclic) bond motifs is 7. The van der Waals surface area contributed by atoms with E-state index in [0.717, 1.165) is 38.5 Å². The first-order chi connectivity index (χ1) is 17.4. The summed E-state index contributed by atoms with van der Waals surface area (Å²) in [5, 5.41) is 19.6. The number of carboxylic acids is 2. The molecule has 0 aliphatic heterocycles. The maximum absolute atomic E-state index is 12.5. The highest BCUT2D eigenvalue weighted by molar-refractivity contribution is 5.87. The first-order valence-corrected chi connectivity index (χ1v) is 15.0. The molecule has 0 spiro atoms. The third-order valence-corrected chi connectivity index (χ3v) is 13.5. The van der Waals surface area contributed by atoms with Crippen LogP contribution in [0.3, 0.4) is 0 Å². The molecule has 6 rings (SSSR count). The second-order valence-corrected chi connectivity index (χ2v) is 14.8. The van der Waals surface area contributed by atoms with Gasteiger partial charge >= 0.3 is 11.9 Å². The van der Waals surface area contributed by atoms with Gasteiger partial charge in [-0.05, 0) is 134 Å². The van der Waals surface area contributed by atoms with Gasteiger partial charge in [0.15, 0.2) is 0 Å². The number of rotatable bonds is 3. The highest BCUT2D eigenvalue weighted by atomic mass is 16.4. The maximum Gasteiger partial charge on any atom is 0.335 e. The van der Waals surface area contributed by atoms with Crippen LogP contribution in [0.1, 0.15) is 120 Å². The summed E-state index contributed by atoms with van der Waals surface area (Å²) >= 11 is 0. The van der Waals surface area contributed by atoms with Crippen LogP contribution in [0, 0.1) is 51.2 Å². The van der Waals surface area contributed by atoms with E-state index in [1.54, 1.807) is 12.1 Å². The summed E-state index contributed by atoms with van der Waals surface area (Å²) < 4.78 is 0. The largest absolute Gasteiger partial charge is 0.481 e. The number of benzene rings is 1. The van der Waals surface area contributed by atoms with Crippen molar-refractivity contribution in [3.05, 3.63) is 35.4 Å². The lowest BCUT2D eigenvalue weighted by atomic mass is 9.35. The zero-order valence-electron chi connectivity index (χ0n) is 23.3. The van der Waals surface area contributed by atoms with Gasteiger partial charge in [-0.2, -0.15) is 0 Å². The number of aliphatic carboxylic acids is 1. The number of carbonyl (C=O) groups is 2. The van der Waals surface area contributed by atoms with Crippen molar-refractivity contribution < 1.29 is 19.8 Å². The molecule has 9 atom stereocenters. The van der Waals surface area contributed by atoms with E-state index in [1.807, 2.05) is 0 Å². The Morgan fingerprint density at radius 2 is 1.43 bits per heavy atom. The third kappa shape index (κ3) is 3.39. The van der Waals surface area contributed by atoms with Gasteiger partial charge < -0.3 is 10.2 Å². The van der Waals surface area contributed by atoms with Crippen molar-refractivity contribution in [3.63, 3.8) is 0 Å². The Balaban J connectivity index is 1.28. The normalized spacial score (nSPS) is 46.2. The van der Waals surface area contributed by atoms with Gasteiger partial charge in [-0.1, -0.05) is 46.2 Å². The standard InChI is InChI=1S/C33H46O4/c1-30(2)23(20-7-9-21(10-8-20)28(34)35)13-17-32(4)26(30)15-18-31(3)24-14-19-33(29(36)37)16-5-6-25(33)22(24)11-12-27(31)32/h7-10,22-27H,5-6,11-19H2,1-4H3,(H,34,35)(H,36,37)/t22-,23+,24?,25?,26?,27?,31-,32-,33-/m0/s1. The molecule has 5 saturated carbocycles. The Hall–Kier alpha value is -1.84. The fourth-order valence-corrected chi connectivity index (χ4v) is 12.0. The molecule has 5 aliphatic carbocycles. The van der Waals surface area contributed by atoms with E-state index in [-0.39, 0.29) is 5.41 Å². The molecule has 5 aliphatic rings. The third-order valence-electron chi connectivity index (χ3n) is 13.5. The van der Waals surface area contributed by atoms with Crippen LogP contribution in [0.2, 0.25) is 0 Å². The molecule has 202 valence electrons. The summed E-state index contributed by atoms with van der Waals surface area (Å²) in [7, 11) is 0. The highest BCUT2D eigenvalue weighted by Gasteiger charge is 2.67. The Bertz CT molecular complexity index is 1090. The lowest BCUT2D eigenvalue weighted by Crippen LogP contribution is -2.62.